The van der Waals surface area contributed by atoms with Crippen molar-refractivity contribution < 1.29 is 0 Å². The molecule has 0 aliphatic rings. The molecule has 0 rings (SSSR count). The topological polar surface area (TPSA) is 41.3 Å². The van der Waals surface area contributed by atoms with Crippen LogP contribution in [0.15, 0.2) is 0 Å². The first-order chi connectivity index (χ1) is 8.35. The van der Waals surface area contributed by atoms with Crippen molar-refractivity contribution in [3.63, 3.8) is 0 Å². The lowest BCUT2D eigenvalue weighted by molar-refractivity contribution is 0.295. The van der Waals surface area contributed by atoms with Crippen LogP contribution < -0.4 is 11.1 Å². The van der Waals surface area contributed by atoms with Crippen molar-refractivity contribution in [2.75, 3.05) is 39.3 Å². The summed E-state index contributed by atoms with van der Waals surface area (Å²) in [6.45, 7) is 11.3. The van der Waals surface area contributed by atoms with Gasteiger partial charge in [0.15, 0.2) is 0 Å². The lowest BCUT2D eigenvalue weighted by atomic mass is 10.2. The van der Waals surface area contributed by atoms with Crippen molar-refractivity contribution in [3.05, 3.63) is 0 Å². The maximum atomic E-state index is 5.45. The highest BCUT2D eigenvalue weighted by Gasteiger charge is 1.97. The van der Waals surface area contributed by atoms with E-state index in [1.807, 2.05) is 0 Å². The summed E-state index contributed by atoms with van der Waals surface area (Å²) in [6.07, 6.45) is 7.73. The Morgan fingerprint density at radius 3 is 1.94 bits per heavy atom. The molecule has 0 saturated heterocycles. The highest BCUT2D eigenvalue weighted by Crippen LogP contribution is 1.98. The molecule has 0 radical (unpaired) electrons. The fraction of sp³-hybridized carbons (Fsp3) is 1.00. The van der Waals surface area contributed by atoms with Gasteiger partial charge in [-0.3, -0.25) is 0 Å². The van der Waals surface area contributed by atoms with Gasteiger partial charge in [-0.1, -0.05) is 26.7 Å². The SMILES string of the molecule is CCN(CC)CCCCCNCCCCCN. The fourth-order valence-corrected chi connectivity index (χ4v) is 2.00. The molecule has 0 aromatic rings. The predicted molar refractivity (Wildman–Crippen MR) is 77.4 cm³/mol. The molecule has 0 amide bonds. The summed E-state index contributed by atoms with van der Waals surface area (Å²) in [5, 5.41) is 3.51. The number of nitrogens with one attached hydrogen (secondary N) is 1. The summed E-state index contributed by atoms with van der Waals surface area (Å²) in [4.78, 5) is 2.50. The van der Waals surface area contributed by atoms with Gasteiger partial charge < -0.3 is 16.0 Å². The first kappa shape index (κ1) is 16.9. The van der Waals surface area contributed by atoms with Crippen molar-refractivity contribution in [1.29, 1.82) is 0 Å². The van der Waals surface area contributed by atoms with Gasteiger partial charge in [0.1, 0.15) is 0 Å². The Bertz CT molecular complexity index is 135. The van der Waals surface area contributed by atoms with Crippen molar-refractivity contribution >= 4 is 0 Å². The van der Waals surface area contributed by atoms with E-state index < -0.39 is 0 Å². The summed E-state index contributed by atoms with van der Waals surface area (Å²) in [7, 11) is 0. The molecule has 0 spiro atoms. The minimum Gasteiger partial charge on any atom is -0.330 e. The molecule has 0 aromatic carbocycles. The zero-order chi connectivity index (χ0) is 12.8. The van der Waals surface area contributed by atoms with E-state index in [-0.39, 0.29) is 0 Å². The second-order valence-electron chi connectivity index (χ2n) is 4.69. The quantitative estimate of drug-likeness (QED) is 0.487. The van der Waals surface area contributed by atoms with Crippen LogP contribution in [0.4, 0.5) is 0 Å². The highest BCUT2D eigenvalue weighted by molar-refractivity contribution is 4.54. The Kier molecular flexibility index (Phi) is 13.8. The van der Waals surface area contributed by atoms with Gasteiger partial charge in [-0.05, 0) is 65.0 Å². The van der Waals surface area contributed by atoms with E-state index >= 15 is 0 Å². The molecule has 0 aliphatic heterocycles. The number of nitrogens with two attached hydrogens (primary N) is 1. The van der Waals surface area contributed by atoms with Crippen LogP contribution in [0.2, 0.25) is 0 Å². The van der Waals surface area contributed by atoms with Gasteiger partial charge in [0.05, 0.1) is 0 Å². The maximum absolute atomic E-state index is 5.45. The standard InChI is InChI=1S/C14H33N3/c1-3-17(4-2)14-10-6-9-13-16-12-8-5-7-11-15/h16H,3-15H2,1-2H3. The largest absolute Gasteiger partial charge is 0.330 e. The zero-order valence-electron chi connectivity index (χ0n) is 12.0. The monoisotopic (exact) mass is 243 g/mol. The van der Waals surface area contributed by atoms with E-state index in [0.29, 0.717) is 0 Å². The molecule has 3 N–H and O–H groups in total. The Morgan fingerprint density at radius 2 is 1.41 bits per heavy atom. The lowest BCUT2D eigenvalue weighted by Crippen LogP contribution is -2.24. The first-order valence-corrected chi connectivity index (χ1v) is 7.48. The average Bonchev–Trinajstić information content (AvgIpc) is 2.36. The van der Waals surface area contributed by atoms with E-state index in [1.165, 1.54) is 64.7 Å². The van der Waals surface area contributed by atoms with E-state index in [4.69, 9.17) is 5.73 Å². The molecule has 0 bridgehead atoms. The van der Waals surface area contributed by atoms with Gasteiger partial charge in [0.25, 0.3) is 0 Å². The fourth-order valence-electron chi connectivity index (χ4n) is 2.00. The first-order valence-electron chi connectivity index (χ1n) is 7.48. The minimum absolute atomic E-state index is 0.839. The third-order valence-corrected chi connectivity index (χ3v) is 3.28. The van der Waals surface area contributed by atoms with Crippen LogP contribution in [0.1, 0.15) is 52.4 Å². The molecular formula is C14H33N3. The second-order valence-corrected chi connectivity index (χ2v) is 4.69. The average molecular weight is 243 g/mol. The molecular weight excluding hydrogens is 210 g/mol. The third kappa shape index (κ3) is 12.1. The van der Waals surface area contributed by atoms with Crippen molar-refractivity contribution in [2.45, 2.75) is 52.4 Å². The normalized spacial score (nSPS) is 11.3. The summed E-state index contributed by atoms with van der Waals surface area (Å²) < 4.78 is 0. The Hall–Kier alpha value is -0.120. The predicted octanol–water partition coefficient (Wildman–Crippen LogP) is 2.22. The molecule has 0 unspecified atom stereocenters. The zero-order valence-corrected chi connectivity index (χ0v) is 12.0. The third-order valence-electron chi connectivity index (χ3n) is 3.28. The molecule has 0 aliphatic carbocycles. The van der Waals surface area contributed by atoms with Crippen LogP contribution in [0.25, 0.3) is 0 Å². The van der Waals surface area contributed by atoms with Crippen LogP contribution in [0.3, 0.4) is 0 Å². The van der Waals surface area contributed by atoms with Crippen LogP contribution in [-0.4, -0.2) is 44.2 Å². The molecule has 104 valence electrons. The molecule has 0 atom stereocenters. The molecule has 3 nitrogen and oxygen atoms in total. The highest BCUT2D eigenvalue weighted by atomic mass is 15.1. The number of unbranched alkanes of at least 4 members (excludes halogenated alkanes) is 4. The van der Waals surface area contributed by atoms with Gasteiger partial charge >= 0.3 is 0 Å². The number of hydrogen-bond donors (Lipinski definition) is 2. The summed E-state index contributed by atoms with van der Waals surface area (Å²) in [5.41, 5.74) is 5.45. The maximum Gasteiger partial charge on any atom is -0.00190 e. The smallest absolute Gasteiger partial charge is 0.00190 e. The van der Waals surface area contributed by atoms with Gasteiger partial charge in [-0.25, -0.2) is 0 Å². The molecule has 0 fully saturated rings. The Balaban J connectivity index is 3.03. The van der Waals surface area contributed by atoms with E-state index in [2.05, 4.69) is 24.1 Å². The van der Waals surface area contributed by atoms with Crippen LogP contribution in [0, 0.1) is 0 Å². The molecule has 0 heterocycles. The minimum atomic E-state index is 0.839. The number of nitrogens with zero attached hydrogens (tertiary/aromatic N) is 1. The summed E-state index contributed by atoms with van der Waals surface area (Å²) >= 11 is 0. The van der Waals surface area contributed by atoms with Gasteiger partial charge in [0.2, 0.25) is 0 Å². The van der Waals surface area contributed by atoms with Crippen molar-refractivity contribution in [2.24, 2.45) is 5.73 Å². The molecule has 0 saturated carbocycles. The summed E-state index contributed by atoms with van der Waals surface area (Å²) in [5.74, 6) is 0. The molecule has 0 aromatic heterocycles. The van der Waals surface area contributed by atoms with Gasteiger partial charge in [-0.2, -0.15) is 0 Å². The van der Waals surface area contributed by atoms with Gasteiger partial charge in [-0.15, -0.1) is 0 Å². The van der Waals surface area contributed by atoms with E-state index in [9.17, 15) is 0 Å². The Labute approximate surface area is 108 Å². The second kappa shape index (κ2) is 13.9. The number of rotatable bonds is 13. The van der Waals surface area contributed by atoms with Crippen molar-refractivity contribution in [1.82, 2.24) is 10.2 Å². The van der Waals surface area contributed by atoms with Crippen LogP contribution in [-0.2, 0) is 0 Å². The van der Waals surface area contributed by atoms with Crippen molar-refractivity contribution in [3.8, 4) is 0 Å². The Morgan fingerprint density at radius 1 is 0.824 bits per heavy atom. The van der Waals surface area contributed by atoms with Gasteiger partial charge in [0, 0.05) is 0 Å². The lowest BCUT2D eigenvalue weighted by Gasteiger charge is -2.17. The van der Waals surface area contributed by atoms with Crippen LogP contribution in [0.5, 0.6) is 0 Å². The summed E-state index contributed by atoms with van der Waals surface area (Å²) in [6, 6.07) is 0. The molecule has 3 heteroatoms. The number of hydrogen-bond acceptors (Lipinski definition) is 3. The van der Waals surface area contributed by atoms with E-state index in [0.717, 1.165) is 13.1 Å². The van der Waals surface area contributed by atoms with Crippen LogP contribution >= 0.6 is 0 Å². The van der Waals surface area contributed by atoms with E-state index in [1.54, 1.807) is 0 Å². The molecule has 17 heavy (non-hydrogen) atoms.